The van der Waals surface area contributed by atoms with Crippen molar-refractivity contribution in [2.24, 2.45) is 0 Å². The third-order valence-electron chi connectivity index (χ3n) is 6.57. The van der Waals surface area contributed by atoms with E-state index >= 15 is 0 Å². The average molecular weight is 492 g/mol. The first kappa shape index (κ1) is 23.9. The van der Waals surface area contributed by atoms with Crippen LogP contribution in [-0.2, 0) is 4.79 Å². The molecule has 2 fully saturated rings. The van der Waals surface area contributed by atoms with Gasteiger partial charge in [-0.1, -0.05) is 18.9 Å². The summed E-state index contributed by atoms with van der Waals surface area (Å²) in [6.07, 6.45) is -0.695. The molecule has 1 aliphatic heterocycles. The second-order valence-corrected chi connectivity index (χ2v) is 8.77. The van der Waals surface area contributed by atoms with Gasteiger partial charge < -0.3 is 10.2 Å². The van der Waals surface area contributed by atoms with Crippen LogP contribution in [0.15, 0.2) is 41.5 Å². The van der Waals surface area contributed by atoms with Crippen LogP contribution in [0.25, 0.3) is 0 Å². The Hall–Kier alpha value is -3.26. The van der Waals surface area contributed by atoms with E-state index in [4.69, 9.17) is 17.5 Å². The number of halogens is 4. The zero-order valence-corrected chi connectivity index (χ0v) is 18.9. The van der Waals surface area contributed by atoms with E-state index in [2.05, 4.69) is 5.32 Å². The van der Waals surface area contributed by atoms with Gasteiger partial charge in [-0.25, -0.2) is 4.39 Å². The number of nitrogens with one attached hydrogen (secondary N) is 1. The number of allylic oxidation sites excluding steroid dienone is 2. The standard InChI is InChI=1S/C23H20F4N4O2S/c1-29-19(32)16-7-6-15(11-18(16)24)31-21(34)30(20(33)22(31)8-2-3-9-22)14-5-4-13(12-28)17(10-14)23(25,26)27/h4-7,11,14H,2-3,8-10H2,1H3,(H,29,32). The van der Waals surface area contributed by atoms with E-state index in [1.807, 2.05) is 0 Å². The Labute approximate surface area is 198 Å². The van der Waals surface area contributed by atoms with Gasteiger partial charge in [-0.3, -0.25) is 14.5 Å². The second-order valence-electron chi connectivity index (χ2n) is 8.41. The molecule has 1 saturated carbocycles. The van der Waals surface area contributed by atoms with E-state index in [-0.39, 0.29) is 16.4 Å². The molecule has 11 heteroatoms. The minimum Gasteiger partial charge on any atom is -0.355 e. The maximum absolute atomic E-state index is 14.8. The largest absolute Gasteiger partial charge is 0.414 e. The SMILES string of the molecule is CNC(=O)c1ccc(N2C(=S)N(C3C=CC(C#N)=C(C(F)(F)F)C3)C(=O)C23CCCC3)cc1F. The van der Waals surface area contributed by atoms with Crippen molar-refractivity contribution in [1.29, 1.82) is 5.26 Å². The quantitative estimate of drug-likeness (QED) is 0.507. The van der Waals surface area contributed by atoms with Crippen molar-refractivity contribution in [3.63, 3.8) is 0 Å². The zero-order chi connectivity index (χ0) is 24.8. The Morgan fingerprint density at radius 1 is 1.29 bits per heavy atom. The monoisotopic (exact) mass is 492 g/mol. The molecule has 1 unspecified atom stereocenters. The third-order valence-corrected chi connectivity index (χ3v) is 6.95. The van der Waals surface area contributed by atoms with E-state index in [1.54, 1.807) is 6.07 Å². The maximum Gasteiger partial charge on any atom is 0.414 e. The van der Waals surface area contributed by atoms with Crippen molar-refractivity contribution in [3.8, 4) is 6.07 Å². The molecular formula is C23H20F4N4O2S. The molecule has 1 atom stereocenters. The molecule has 3 aliphatic rings. The highest BCUT2D eigenvalue weighted by Crippen LogP contribution is 2.47. The third kappa shape index (κ3) is 3.66. The molecule has 1 aromatic carbocycles. The minimum atomic E-state index is -4.73. The minimum absolute atomic E-state index is 0.0319. The van der Waals surface area contributed by atoms with Gasteiger partial charge in [-0.15, -0.1) is 0 Å². The molecule has 1 spiro atoms. The lowest BCUT2D eigenvalue weighted by Crippen LogP contribution is -2.48. The molecule has 178 valence electrons. The first-order valence-corrected chi connectivity index (χ1v) is 11.0. The number of carbonyl (C=O) groups is 2. The average Bonchev–Trinajstić information content (AvgIpc) is 3.36. The summed E-state index contributed by atoms with van der Waals surface area (Å²) in [6, 6.07) is 4.39. The number of nitriles is 1. The van der Waals surface area contributed by atoms with Gasteiger partial charge >= 0.3 is 6.18 Å². The Balaban J connectivity index is 1.75. The molecule has 0 aromatic heterocycles. The number of anilines is 1. The maximum atomic E-state index is 14.8. The van der Waals surface area contributed by atoms with E-state index < -0.39 is 53.0 Å². The molecule has 6 nitrogen and oxygen atoms in total. The van der Waals surface area contributed by atoms with Gasteiger partial charge in [0.05, 0.1) is 28.8 Å². The number of alkyl halides is 3. The van der Waals surface area contributed by atoms with Crippen molar-refractivity contribution in [2.45, 2.75) is 49.9 Å². The number of thiocarbonyl (C=S) groups is 1. The highest BCUT2D eigenvalue weighted by Gasteiger charge is 2.58. The van der Waals surface area contributed by atoms with Crippen molar-refractivity contribution in [1.82, 2.24) is 10.2 Å². The van der Waals surface area contributed by atoms with Crippen molar-refractivity contribution < 1.29 is 27.2 Å². The van der Waals surface area contributed by atoms with Crippen molar-refractivity contribution in [3.05, 3.63) is 52.9 Å². The van der Waals surface area contributed by atoms with Gasteiger partial charge in [0.2, 0.25) is 0 Å². The van der Waals surface area contributed by atoms with Crippen LogP contribution in [0.5, 0.6) is 0 Å². The molecule has 0 bridgehead atoms. The molecule has 2 aliphatic carbocycles. The summed E-state index contributed by atoms with van der Waals surface area (Å²) in [6.45, 7) is 0. The molecule has 1 aromatic rings. The Morgan fingerprint density at radius 2 is 1.97 bits per heavy atom. The number of amides is 2. The van der Waals surface area contributed by atoms with E-state index in [0.717, 1.165) is 17.0 Å². The summed E-state index contributed by atoms with van der Waals surface area (Å²) in [7, 11) is 1.37. The molecule has 4 rings (SSSR count). The first-order chi connectivity index (χ1) is 16.0. The van der Waals surface area contributed by atoms with Crippen molar-refractivity contribution >= 4 is 34.8 Å². The van der Waals surface area contributed by atoms with E-state index in [9.17, 15) is 27.2 Å². The van der Waals surface area contributed by atoms with Gasteiger partial charge in [0.15, 0.2) is 5.11 Å². The summed E-state index contributed by atoms with van der Waals surface area (Å²) in [5.74, 6) is -1.87. The first-order valence-electron chi connectivity index (χ1n) is 10.6. The molecule has 0 radical (unpaired) electrons. The fourth-order valence-corrected chi connectivity index (χ4v) is 5.45. The topological polar surface area (TPSA) is 76.4 Å². The normalized spacial score (nSPS) is 22.1. The highest BCUT2D eigenvalue weighted by atomic mass is 32.1. The van der Waals surface area contributed by atoms with Crippen LogP contribution in [0.4, 0.5) is 23.2 Å². The molecule has 1 N–H and O–H groups in total. The second kappa shape index (κ2) is 8.51. The summed E-state index contributed by atoms with van der Waals surface area (Å²) in [5.41, 5.74) is -2.58. The smallest absolute Gasteiger partial charge is 0.355 e. The number of hydrogen-bond donors (Lipinski definition) is 1. The van der Waals surface area contributed by atoms with E-state index in [1.165, 1.54) is 30.2 Å². The predicted octanol–water partition coefficient (Wildman–Crippen LogP) is 4.14. The number of carbonyl (C=O) groups excluding carboxylic acids is 2. The van der Waals surface area contributed by atoms with Crippen LogP contribution >= 0.6 is 12.2 Å². The number of benzene rings is 1. The van der Waals surface area contributed by atoms with Crippen LogP contribution in [0.3, 0.4) is 0 Å². The lowest BCUT2D eigenvalue weighted by Gasteiger charge is -2.32. The Bertz CT molecular complexity index is 1180. The molecule has 2 amide bonds. The van der Waals surface area contributed by atoms with Gasteiger partial charge in [0.1, 0.15) is 11.4 Å². The predicted molar refractivity (Wildman–Crippen MR) is 119 cm³/mol. The summed E-state index contributed by atoms with van der Waals surface area (Å²) >= 11 is 5.58. The molecule has 1 heterocycles. The van der Waals surface area contributed by atoms with Crippen LogP contribution in [0.2, 0.25) is 0 Å². The number of rotatable bonds is 3. The number of hydrogen-bond acceptors (Lipinski definition) is 4. The van der Waals surface area contributed by atoms with Crippen LogP contribution < -0.4 is 10.2 Å². The van der Waals surface area contributed by atoms with E-state index in [0.29, 0.717) is 25.7 Å². The fraction of sp³-hybridized carbons (Fsp3) is 0.391. The summed E-state index contributed by atoms with van der Waals surface area (Å²) in [4.78, 5) is 28.2. The zero-order valence-electron chi connectivity index (χ0n) is 18.1. The lowest BCUT2D eigenvalue weighted by atomic mass is 9.91. The lowest BCUT2D eigenvalue weighted by molar-refractivity contribution is -0.132. The Morgan fingerprint density at radius 3 is 2.53 bits per heavy atom. The fourth-order valence-electron chi connectivity index (χ4n) is 4.95. The molecule has 34 heavy (non-hydrogen) atoms. The van der Waals surface area contributed by atoms with Crippen LogP contribution in [0.1, 0.15) is 42.5 Å². The molecular weight excluding hydrogens is 472 g/mol. The van der Waals surface area contributed by atoms with Gasteiger partial charge in [-0.2, -0.15) is 18.4 Å². The Kier molecular flexibility index (Phi) is 5.97. The van der Waals surface area contributed by atoms with Crippen LogP contribution in [0, 0.1) is 17.1 Å². The van der Waals surface area contributed by atoms with Crippen molar-refractivity contribution in [2.75, 3.05) is 11.9 Å². The summed E-state index contributed by atoms with van der Waals surface area (Å²) in [5, 5.41) is 11.4. The highest BCUT2D eigenvalue weighted by molar-refractivity contribution is 7.80. The number of nitrogens with zero attached hydrogens (tertiary/aromatic N) is 3. The van der Waals surface area contributed by atoms with Gasteiger partial charge in [0, 0.05) is 19.2 Å². The molecule has 1 saturated heterocycles. The van der Waals surface area contributed by atoms with Gasteiger partial charge in [-0.05, 0) is 49.3 Å². The van der Waals surface area contributed by atoms with Gasteiger partial charge in [0.25, 0.3) is 11.8 Å². The van der Waals surface area contributed by atoms with Crippen LogP contribution in [-0.4, -0.2) is 46.6 Å². The summed E-state index contributed by atoms with van der Waals surface area (Å²) < 4.78 is 55.5.